The molecule has 0 aliphatic carbocycles. The Kier molecular flexibility index (Phi) is 3.28. The summed E-state index contributed by atoms with van der Waals surface area (Å²) in [6.45, 7) is 2.07. The van der Waals surface area contributed by atoms with Crippen LogP contribution in [0.1, 0.15) is 11.4 Å². The third-order valence-electron chi connectivity index (χ3n) is 2.83. The van der Waals surface area contributed by atoms with Gasteiger partial charge in [0.1, 0.15) is 5.75 Å². The van der Waals surface area contributed by atoms with Gasteiger partial charge in [0.25, 0.3) is 0 Å². The van der Waals surface area contributed by atoms with Crippen LogP contribution >= 0.6 is 0 Å². The SMILES string of the molecule is COc1ccc(N=Cc2ccc(C)n2C)cc1. The predicted octanol–water partition coefficient (Wildman–Crippen LogP) is 3.09. The fourth-order valence-electron chi connectivity index (χ4n) is 1.57. The van der Waals surface area contributed by atoms with Crippen molar-refractivity contribution in [1.82, 2.24) is 4.57 Å². The van der Waals surface area contributed by atoms with Gasteiger partial charge in [0.2, 0.25) is 0 Å². The van der Waals surface area contributed by atoms with Crippen molar-refractivity contribution in [2.75, 3.05) is 7.11 Å². The summed E-state index contributed by atoms with van der Waals surface area (Å²) in [7, 11) is 3.69. The first-order chi connectivity index (χ1) is 8.20. The lowest BCUT2D eigenvalue weighted by Crippen LogP contribution is -1.96. The molecule has 17 heavy (non-hydrogen) atoms. The van der Waals surface area contributed by atoms with Gasteiger partial charge in [-0.15, -0.1) is 0 Å². The molecule has 1 heterocycles. The molecule has 0 fully saturated rings. The molecule has 0 radical (unpaired) electrons. The van der Waals surface area contributed by atoms with Crippen molar-refractivity contribution in [3.8, 4) is 5.75 Å². The number of ether oxygens (including phenoxy) is 1. The molecule has 0 amide bonds. The molecular formula is C14H16N2O. The van der Waals surface area contributed by atoms with Crippen molar-refractivity contribution in [2.24, 2.45) is 12.0 Å². The van der Waals surface area contributed by atoms with E-state index in [1.807, 2.05) is 37.5 Å². The molecule has 1 aromatic carbocycles. The van der Waals surface area contributed by atoms with E-state index in [1.165, 1.54) is 5.69 Å². The molecule has 0 unspecified atom stereocenters. The van der Waals surface area contributed by atoms with Crippen LogP contribution in [0.5, 0.6) is 5.75 Å². The molecule has 2 aromatic rings. The normalized spacial score (nSPS) is 11.0. The maximum Gasteiger partial charge on any atom is 0.119 e. The van der Waals surface area contributed by atoms with Crippen LogP contribution in [0.2, 0.25) is 0 Å². The number of rotatable bonds is 3. The summed E-state index contributed by atoms with van der Waals surface area (Å²) in [5.41, 5.74) is 3.24. The zero-order chi connectivity index (χ0) is 12.3. The van der Waals surface area contributed by atoms with Crippen molar-refractivity contribution < 1.29 is 4.74 Å². The first-order valence-electron chi connectivity index (χ1n) is 5.51. The molecule has 0 aliphatic rings. The Labute approximate surface area is 101 Å². The van der Waals surface area contributed by atoms with Crippen molar-refractivity contribution in [1.29, 1.82) is 0 Å². The molecule has 0 saturated heterocycles. The van der Waals surface area contributed by atoms with Gasteiger partial charge in [-0.3, -0.25) is 4.99 Å². The Balaban J connectivity index is 2.17. The van der Waals surface area contributed by atoms with Crippen LogP contribution in [0.4, 0.5) is 5.69 Å². The highest BCUT2D eigenvalue weighted by atomic mass is 16.5. The molecular weight excluding hydrogens is 212 g/mol. The smallest absolute Gasteiger partial charge is 0.119 e. The lowest BCUT2D eigenvalue weighted by atomic mass is 10.3. The van der Waals surface area contributed by atoms with Crippen LogP contribution in [0, 0.1) is 6.92 Å². The van der Waals surface area contributed by atoms with Crippen molar-refractivity contribution in [3.05, 3.63) is 47.8 Å². The van der Waals surface area contributed by atoms with E-state index in [-0.39, 0.29) is 0 Å². The number of aromatic nitrogens is 1. The van der Waals surface area contributed by atoms with E-state index < -0.39 is 0 Å². The first-order valence-corrected chi connectivity index (χ1v) is 5.51. The van der Waals surface area contributed by atoms with E-state index in [2.05, 4.69) is 28.6 Å². The maximum absolute atomic E-state index is 5.10. The molecule has 0 saturated carbocycles. The van der Waals surface area contributed by atoms with E-state index in [1.54, 1.807) is 7.11 Å². The second-order valence-corrected chi connectivity index (χ2v) is 3.91. The largest absolute Gasteiger partial charge is 0.497 e. The van der Waals surface area contributed by atoms with E-state index >= 15 is 0 Å². The topological polar surface area (TPSA) is 26.5 Å². The van der Waals surface area contributed by atoms with Crippen LogP contribution < -0.4 is 4.74 Å². The summed E-state index contributed by atoms with van der Waals surface area (Å²) in [6.07, 6.45) is 1.87. The molecule has 3 nitrogen and oxygen atoms in total. The molecule has 88 valence electrons. The fourth-order valence-corrected chi connectivity index (χ4v) is 1.57. The fraction of sp³-hybridized carbons (Fsp3) is 0.214. The summed E-state index contributed by atoms with van der Waals surface area (Å²) in [5.74, 6) is 0.846. The third-order valence-corrected chi connectivity index (χ3v) is 2.83. The van der Waals surface area contributed by atoms with Gasteiger partial charge in [-0.05, 0) is 43.3 Å². The monoisotopic (exact) mass is 228 g/mol. The number of aryl methyl sites for hydroxylation is 1. The Hall–Kier alpha value is -2.03. The van der Waals surface area contributed by atoms with E-state index in [0.717, 1.165) is 17.1 Å². The van der Waals surface area contributed by atoms with Gasteiger partial charge in [-0.2, -0.15) is 0 Å². The number of nitrogens with zero attached hydrogens (tertiary/aromatic N) is 2. The zero-order valence-corrected chi connectivity index (χ0v) is 10.3. The molecule has 3 heteroatoms. The Morgan fingerprint density at radius 3 is 2.35 bits per heavy atom. The number of benzene rings is 1. The standard InChI is InChI=1S/C14H16N2O/c1-11-4-7-13(16(11)2)10-15-12-5-8-14(17-3)9-6-12/h4-10H,1-3H3. The van der Waals surface area contributed by atoms with Gasteiger partial charge < -0.3 is 9.30 Å². The second-order valence-electron chi connectivity index (χ2n) is 3.91. The molecule has 0 aliphatic heterocycles. The molecule has 2 rings (SSSR count). The highest BCUT2D eigenvalue weighted by molar-refractivity contribution is 5.80. The van der Waals surface area contributed by atoms with Crippen molar-refractivity contribution in [2.45, 2.75) is 6.92 Å². The quantitative estimate of drug-likeness (QED) is 0.741. The van der Waals surface area contributed by atoms with Crippen molar-refractivity contribution in [3.63, 3.8) is 0 Å². The van der Waals surface area contributed by atoms with E-state index in [4.69, 9.17) is 4.74 Å². The molecule has 0 bridgehead atoms. The Morgan fingerprint density at radius 2 is 1.82 bits per heavy atom. The Bertz CT molecular complexity index is 524. The van der Waals surface area contributed by atoms with Crippen LogP contribution in [0.15, 0.2) is 41.4 Å². The third kappa shape index (κ3) is 2.56. The van der Waals surface area contributed by atoms with Crippen LogP contribution in [0.3, 0.4) is 0 Å². The minimum Gasteiger partial charge on any atom is -0.497 e. The van der Waals surface area contributed by atoms with E-state index in [9.17, 15) is 0 Å². The van der Waals surface area contributed by atoms with Gasteiger partial charge in [0.15, 0.2) is 0 Å². The van der Waals surface area contributed by atoms with Gasteiger partial charge in [-0.25, -0.2) is 0 Å². The number of aliphatic imine (C=N–C) groups is 1. The van der Waals surface area contributed by atoms with Gasteiger partial charge >= 0.3 is 0 Å². The molecule has 0 spiro atoms. The first kappa shape index (κ1) is 11.5. The summed E-state index contributed by atoms with van der Waals surface area (Å²) in [6, 6.07) is 11.8. The minimum atomic E-state index is 0.846. The average molecular weight is 228 g/mol. The molecule has 0 atom stereocenters. The summed E-state index contributed by atoms with van der Waals surface area (Å²) in [5, 5.41) is 0. The predicted molar refractivity (Wildman–Crippen MR) is 70.4 cm³/mol. The minimum absolute atomic E-state index is 0.846. The summed E-state index contributed by atoms with van der Waals surface area (Å²) in [4.78, 5) is 4.42. The maximum atomic E-state index is 5.10. The van der Waals surface area contributed by atoms with E-state index in [0.29, 0.717) is 0 Å². The van der Waals surface area contributed by atoms with Crippen LogP contribution in [-0.4, -0.2) is 17.9 Å². The van der Waals surface area contributed by atoms with Gasteiger partial charge in [0.05, 0.1) is 24.7 Å². The lowest BCUT2D eigenvalue weighted by molar-refractivity contribution is 0.415. The van der Waals surface area contributed by atoms with Crippen LogP contribution in [-0.2, 0) is 7.05 Å². The highest BCUT2D eigenvalue weighted by Crippen LogP contribution is 2.17. The Morgan fingerprint density at radius 1 is 1.12 bits per heavy atom. The number of methoxy groups -OCH3 is 1. The average Bonchev–Trinajstić information content (AvgIpc) is 2.68. The number of hydrogen-bond acceptors (Lipinski definition) is 2. The van der Waals surface area contributed by atoms with Gasteiger partial charge in [-0.1, -0.05) is 0 Å². The number of hydrogen-bond donors (Lipinski definition) is 0. The lowest BCUT2D eigenvalue weighted by Gasteiger charge is -2.00. The summed E-state index contributed by atoms with van der Waals surface area (Å²) < 4.78 is 7.20. The molecule has 1 aromatic heterocycles. The van der Waals surface area contributed by atoms with Crippen LogP contribution in [0.25, 0.3) is 0 Å². The second kappa shape index (κ2) is 4.87. The van der Waals surface area contributed by atoms with Gasteiger partial charge in [0, 0.05) is 12.7 Å². The zero-order valence-electron chi connectivity index (χ0n) is 10.3. The summed E-state index contributed by atoms with van der Waals surface area (Å²) >= 11 is 0. The molecule has 0 N–H and O–H groups in total. The highest BCUT2D eigenvalue weighted by Gasteiger charge is 1.97. The van der Waals surface area contributed by atoms with Crippen molar-refractivity contribution >= 4 is 11.9 Å².